The fourth-order valence-electron chi connectivity index (χ4n) is 3.10. The molecule has 1 aliphatic rings. The number of nitrogens with two attached hydrogens (primary N) is 1. The molecule has 2 aromatic rings. The van der Waals surface area contributed by atoms with Crippen molar-refractivity contribution in [2.75, 3.05) is 18.4 Å². The van der Waals surface area contributed by atoms with Gasteiger partial charge in [0.15, 0.2) is 0 Å². The highest BCUT2D eigenvalue weighted by atomic mass is 32.2. The van der Waals surface area contributed by atoms with Gasteiger partial charge in [0.2, 0.25) is 5.91 Å². The minimum atomic E-state index is -3.70. The number of nitrogens with one attached hydrogen (secondary N) is 1. The first-order valence-electron chi connectivity index (χ1n) is 9.15. The predicted octanol–water partition coefficient (Wildman–Crippen LogP) is 2.59. The molecule has 0 radical (unpaired) electrons. The Labute approximate surface area is 168 Å². The topological polar surface area (TPSA) is 110 Å². The van der Waals surface area contributed by atoms with Gasteiger partial charge in [0.05, 0.1) is 5.56 Å². The smallest absolute Gasteiger partial charge is 0.252 e. The molecule has 9 heteroatoms. The van der Waals surface area contributed by atoms with Crippen LogP contribution in [0.5, 0.6) is 0 Å². The Morgan fingerprint density at radius 2 is 1.79 bits per heavy atom. The number of primary amides is 1. The number of rotatable bonds is 7. The maximum absolute atomic E-state index is 12.8. The van der Waals surface area contributed by atoms with E-state index in [-0.39, 0.29) is 27.1 Å². The van der Waals surface area contributed by atoms with Crippen molar-refractivity contribution in [3.8, 4) is 0 Å². The molecule has 1 saturated heterocycles. The second-order valence-corrected chi connectivity index (χ2v) is 9.89. The van der Waals surface area contributed by atoms with Gasteiger partial charge in [-0.15, -0.1) is 11.3 Å². The van der Waals surface area contributed by atoms with Crippen LogP contribution in [0.4, 0.5) is 5.00 Å². The average molecular weight is 422 g/mol. The van der Waals surface area contributed by atoms with Crippen molar-refractivity contribution in [3.63, 3.8) is 0 Å². The van der Waals surface area contributed by atoms with Gasteiger partial charge in [0.1, 0.15) is 9.21 Å². The van der Waals surface area contributed by atoms with Crippen molar-refractivity contribution in [2.45, 2.75) is 36.3 Å². The Morgan fingerprint density at radius 1 is 1.11 bits per heavy atom. The second-order valence-electron chi connectivity index (χ2n) is 6.67. The first-order valence-corrected chi connectivity index (χ1v) is 11.4. The molecular weight excluding hydrogens is 398 g/mol. The van der Waals surface area contributed by atoms with Crippen LogP contribution in [-0.4, -0.2) is 37.6 Å². The Morgan fingerprint density at radius 3 is 2.43 bits per heavy atom. The number of amides is 2. The Bertz CT molecular complexity index is 949. The van der Waals surface area contributed by atoms with E-state index < -0.39 is 15.9 Å². The van der Waals surface area contributed by atoms with Gasteiger partial charge in [0.25, 0.3) is 15.9 Å². The molecule has 1 aromatic carbocycles. The second kappa shape index (κ2) is 8.85. The first-order chi connectivity index (χ1) is 13.4. The molecule has 28 heavy (non-hydrogen) atoms. The van der Waals surface area contributed by atoms with E-state index in [1.807, 2.05) is 30.3 Å². The largest absolute Gasteiger partial charge is 0.366 e. The first kappa shape index (κ1) is 20.5. The van der Waals surface area contributed by atoms with E-state index in [9.17, 15) is 18.0 Å². The van der Waals surface area contributed by atoms with Crippen LogP contribution in [0.3, 0.4) is 0 Å². The van der Waals surface area contributed by atoms with Crippen LogP contribution < -0.4 is 11.1 Å². The molecule has 150 valence electrons. The van der Waals surface area contributed by atoms with E-state index in [0.717, 1.165) is 36.2 Å². The summed E-state index contributed by atoms with van der Waals surface area (Å²) in [5.74, 6) is -1.06. The predicted molar refractivity (Wildman–Crippen MR) is 109 cm³/mol. The Balaban J connectivity index is 1.75. The van der Waals surface area contributed by atoms with Gasteiger partial charge >= 0.3 is 0 Å². The van der Waals surface area contributed by atoms with E-state index in [1.165, 1.54) is 10.4 Å². The molecule has 1 aliphatic heterocycles. The SMILES string of the molecule is NC(=O)c1cc(S(=O)(=O)N2CCCCC2)sc1NC(=O)CCc1ccccc1. The molecule has 0 atom stereocenters. The van der Waals surface area contributed by atoms with E-state index >= 15 is 0 Å². The summed E-state index contributed by atoms with van der Waals surface area (Å²) in [7, 11) is -3.70. The number of aryl methyl sites for hydroxylation is 1. The van der Waals surface area contributed by atoms with Crippen molar-refractivity contribution < 1.29 is 18.0 Å². The summed E-state index contributed by atoms with van der Waals surface area (Å²) in [5.41, 5.74) is 6.44. The standard InChI is InChI=1S/C19H23N3O4S2/c20-18(24)15-13-17(28(25,26)22-11-5-2-6-12-22)27-19(15)21-16(23)10-9-14-7-3-1-4-8-14/h1,3-4,7-8,13H,2,5-6,9-12H2,(H2,20,24)(H,21,23). The van der Waals surface area contributed by atoms with Crippen molar-refractivity contribution in [3.05, 3.63) is 47.5 Å². The molecule has 1 fully saturated rings. The van der Waals surface area contributed by atoms with Crippen LogP contribution in [0.15, 0.2) is 40.6 Å². The lowest BCUT2D eigenvalue weighted by Crippen LogP contribution is -2.35. The molecule has 1 aromatic heterocycles. The zero-order valence-electron chi connectivity index (χ0n) is 15.4. The van der Waals surface area contributed by atoms with Crippen molar-refractivity contribution in [2.24, 2.45) is 5.73 Å². The summed E-state index contributed by atoms with van der Waals surface area (Å²) >= 11 is 0.876. The number of anilines is 1. The minimum Gasteiger partial charge on any atom is -0.366 e. The van der Waals surface area contributed by atoms with Crippen LogP contribution in [0, 0.1) is 0 Å². The van der Waals surface area contributed by atoms with Crippen LogP contribution >= 0.6 is 11.3 Å². The van der Waals surface area contributed by atoms with E-state index in [1.54, 1.807) is 0 Å². The molecule has 7 nitrogen and oxygen atoms in total. The number of thiophene rings is 1. The normalized spacial score (nSPS) is 15.3. The van der Waals surface area contributed by atoms with Crippen molar-refractivity contribution >= 4 is 38.2 Å². The van der Waals surface area contributed by atoms with E-state index in [4.69, 9.17) is 5.73 Å². The summed E-state index contributed by atoms with van der Waals surface area (Å²) in [5, 5.41) is 2.83. The Kier molecular flexibility index (Phi) is 6.48. The molecule has 3 N–H and O–H groups in total. The molecule has 0 saturated carbocycles. The van der Waals surface area contributed by atoms with Gasteiger partial charge in [0, 0.05) is 19.5 Å². The van der Waals surface area contributed by atoms with Crippen LogP contribution in [0.1, 0.15) is 41.6 Å². The fraction of sp³-hybridized carbons (Fsp3) is 0.368. The molecular formula is C19H23N3O4S2. The monoisotopic (exact) mass is 421 g/mol. The quantitative estimate of drug-likeness (QED) is 0.716. The summed E-state index contributed by atoms with van der Waals surface area (Å²) in [4.78, 5) is 24.1. The lowest BCUT2D eigenvalue weighted by molar-refractivity contribution is -0.116. The van der Waals surface area contributed by atoms with Gasteiger partial charge in [-0.05, 0) is 30.9 Å². The maximum atomic E-state index is 12.8. The van der Waals surface area contributed by atoms with Gasteiger partial charge in [-0.25, -0.2) is 8.42 Å². The highest BCUT2D eigenvalue weighted by molar-refractivity contribution is 7.91. The van der Waals surface area contributed by atoms with Crippen molar-refractivity contribution in [1.29, 1.82) is 0 Å². The minimum absolute atomic E-state index is 0.0219. The van der Waals surface area contributed by atoms with Gasteiger partial charge < -0.3 is 11.1 Å². The average Bonchev–Trinajstić information content (AvgIpc) is 3.13. The molecule has 2 heterocycles. The van der Waals surface area contributed by atoms with Gasteiger partial charge in [-0.1, -0.05) is 36.8 Å². The Hall–Kier alpha value is -2.23. The molecule has 2 amide bonds. The van der Waals surface area contributed by atoms with E-state index in [2.05, 4.69) is 5.32 Å². The number of carbonyl (C=O) groups is 2. The third kappa shape index (κ3) is 4.78. The molecule has 0 spiro atoms. The summed E-state index contributed by atoms with van der Waals surface area (Å²) < 4.78 is 27.1. The highest BCUT2D eigenvalue weighted by Crippen LogP contribution is 2.34. The number of hydrogen-bond donors (Lipinski definition) is 2. The third-order valence-electron chi connectivity index (χ3n) is 4.62. The van der Waals surface area contributed by atoms with Crippen LogP contribution in [-0.2, 0) is 21.2 Å². The van der Waals surface area contributed by atoms with Crippen LogP contribution in [0.25, 0.3) is 0 Å². The number of benzene rings is 1. The number of nitrogens with zero attached hydrogens (tertiary/aromatic N) is 1. The highest BCUT2D eigenvalue weighted by Gasteiger charge is 2.30. The van der Waals surface area contributed by atoms with Gasteiger partial charge in [-0.3, -0.25) is 9.59 Å². The number of sulfonamides is 1. The molecule has 3 rings (SSSR count). The third-order valence-corrected chi connectivity index (χ3v) is 8.02. The molecule has 0 bridgehead atoms. The summed E-state index contributed by atoms with van der Waals surface area (Å²) in [6.07, 6.45) is 3.40. The number of hydrogen-bond acceptors (Lipinski definition) is 5. The zero-order chi connectivity index (χ0) is 20.1. The number of carbonyl (C=O) groups excluding carboxylic acids is 2. The lowest BCUT2D eigenvalue weighted by atomic mass is 10.1. The fourth-order valence-corrected chi connectivity index (χ4v) is 6.16. The number of piperidine rings is 1. The molecule has 0 unspecified atom stereocenters. The van der Waals surface area contributed by atoms with Crippen LogP contribution in [0.2, 0.25) is 0 Å². The molecule has 0 aliphatic carbocycles. The maximum Gasteiger partial charge on any atom is 0.252 e. The summed E-state index contributed by atoms with van der Waals surface area (Å²) in [6.45, 7) is 0.926. The lowest BCUT2D eigenvalue weighted by Gasteiger charge is -2.25. The zero-order valence-corrected chi connectivity index (χ0v) is 17.0. The summed E-state index contributed by atoms with van der Waals surface area (Å²) in [6, 6.07) is 10.8. The van der Waals surface area contributed by atoms with Crippen molar-refractivity contribution in [1.82, 2.24) is 4.31 Å². The van der Waals surface area contributed by atoms with E-state index in [0.29, 0.717) is 19.5 Å². The van der Waals surface area contributed by atoms with Gasteiger partial charge in [-0.2, -0.15) is 4.31 Å².